The lowest BCUT2D eigenvalue weighted by Gasteiger charge is -2.06. The van der Waals surface area contributed by atoms with Crippen molar-refractivity contribution in [3.63, 3.8) is 0 Å². The van der Waals surface area contributed by atoms with Crippen LogP contribution in [-0.2, 0) is 7.05 Å². The molecule has 1 aromatic heterocycles. The van der Waals surface area contributed by atoms with Crippen molar-refractivity contribution in [1.82, 2.24) is 4.57 Å². The molecule has 0 N–H and O–H groups in total. The SMILES string of the molecule is Cc1ccc2c(c1)n(-c1ccccc1)c(-c1ccccc1C)[n+]2C. The lowest BCUT2D eigenvalue weighted by atomic mass is 10.1. The number of rotatable bonds is 2. The highest BCUT2D eigenvalue weighted by Crippen LogP contribution is 2.29. The largest absolute Gasteiger partial charge is 0.295 e. The number of nitrogens with zero attached hydrogens (tertiary/aromatic N) is 2. The van der Waals surface area contributed by atoms with Crippen molar-refractivity contribution in [1.29, 1.82) is 0 Å². The van der Waals surface area contributed by atoms with Crippen LogP contribution in [0.15, 0.2) is 72.8 Å². The number of imidazole rings is 1. The Kier molecular flexibility index (Phi) is 3.46. The molecule has 0 aliphatic rings. The molecule has 0 aliphatic carbocycles. The number of aryl methyl sites for hydroxylation is 3. The van der Waals surface area contributed by atoms with Gasteiger partial charge in [-0.15, -0.1) is 0 Å². The maximum absolute atomic E-state index is 2.37. The highest BCUT2D eigenvalue weighted by Gasteiger charge is 2.26. The number of aromatic nitrogens is 2. The van der Waals surface area contributed by atoms with Crippen LogP contribution in [0.4, 0.5) is 0 Å². The Morgan fingerprint density at radius 3 is 2.25 bits per heavy atom. The minimum atomic E-state index is 1.19. The highest BCUT2D eigenvalue weighted by molar-refractivity contribution is 5.80. The van der Waals surface area contributed by atoms with Gasteiger partial charge in [-0.2, -0.15) is 4.57 Å². The highest BCUT2D eigenvalue weighted by atomic mass is 15.2. The van der Waals surface area contributed by atoms with Crippen molar-refractivity contribution in [2.45, 2.75) is 13.8 Å². The number of hydrogen-bond acceptors (Lipinski definition) is 0. The van der Waals surface area contributed by atoms with Gasteiger partial charge in [0, 0.05) is 0 Å². The van der Waals surface area contributed by atoms with Gasteiger partial charge in [0.05, 0.1) is 12.6 Å². The second-order valence-electron chi connectivity index (χ2n) is 6.36. The van der Waals surface area contributed by atoms with Crippen LogP contribution in [0.5, 0.6) is 0 Å². The first-order chi connectivity index (χ1) is 11.7. The fourth-order valence-electron chi connectivity index (χ4n) is 3.44. The van der Waals surface area contributed by atoms with Crippen LogP contribution in [-0.4, -0.2) is 4.57 Å². The van der Waals surface area contributed by atoms with Gasteiger partial charge in [0.15, 0.2) is 11.0 Å². The summed E-state index contributed by atoms with van der Waals surface area (Å²) in [4.78, 5) is 0. The normalized spacial score (nSPS) is 11.1. The van der Waals surface area contributed by atoms with Crippen LogP contribution < -0.4 is 4.57 Å². The summed E-state index contributed by atoms with van der Waals surface area (Å²) in [6.45, 7) is 4.32. The Bertz CT molecular complexity index is 1030. The molecule has 24 heavy (non-hydrogen) atoms. The van der Waals surface area contributed by atoms with Gasteiger partial charge in [0.25, 0.3) is 5.82 Å². The second-order valence-corrected chi connectivity index (χ2v) is 6.36. The molecule has 0 radical (unpaired) electrons. The van der Waals surface area contributed by atoms with Crippen LogP contribution in [0.2, 0.25) is 0 Å². The van der Waals surface area contributed by atoms with E-state index in [1.54, 1.807) is 0 Å². The van der Waals surface area contributed by atoms with Crippen LogP contribution in [0.25, 0.3) is 28.1 Å². The van der Waals surface area contributed by atoms with E-state index in [2.05, 4.69) is 103 Å². The third-order valence-electron chi connectivity index (χ3n) is 4.66. The van der Waals surface area contributed by atoms with Crippen molar-refractivity contribution < 1.29 is 4.57 Å². The molecule has 0 unspecified atom stereocenters. The average molecular weight is 313 g/mol. The number of benzene rings is 3. The van der Waals surface area contributed by atoms with Gasteiger partial charge in [-0.05, 0) is 55.3 Å². The van der Waals surface area contributed by atoms with E-state index in [1.165, 1.54) is 39.2 Å². The van der Waals surface area contributed by atoms with Crippen LogP contribution in [0.3, 0.4) is 0 Å². The summed E-state index contributed by atoms with van der Waals surface area (Å²) in [6, 6.07) is 25.8. The van der Waals surface area contributed by atoms with E-state index in [1.807, 2.05) is 0 Å². The molecular formula is C22H21N2+. The van der Waals surface area contributed by atoms with Crippen molar-refractivity contribution >= 4 is 11.0 Å². The molecule has 0 fully saturated rings. The molecule has 0 atom stereocenters. The number of hydrogen-bond donors (Lipinski definition) is 0. The van der Waals surface area contributed by atoms with Crippen molar-refractivity contribution in [2.24, 2.45) is 7.05 Å². The molecular weight excluding hydrogens is 292 g/mol. The topological polar surface area (TPSA) is 8.81 Å². The summed E-state index contributed by atoms with van der Waals surface area (Å²) >= 11 is 0. The lowest BCUT2D eigenvalue weighted by Crippen LogP contribution is -2.30. The summed E-state index contributed by atoms with van der Waals surface area (Å²) in [5.74, 6) is 1.21. The standard InChI is InChI=1S/C22H21N2/c1-16-13-14-20-21(15-16)24(18-10-5-4-6-11-18)22(23(20)3)19-12-8-7-9-17(19)2/h4-15H,1-3H3/q+1. The fraction of sp³-hybridized carbons (Fsp3) is 0.136. The molecule has 1 heterocycles. The van der Waals surface area contributed by atoms with E-state index in [-0.39, 0.29) is 0 Å². The van der Waals surface area contributed by atoms with Crippen LogP contribution in [0, 0.1) is 13.8 Å². The van der Waals surface area contributed by atoms with E-state index in [0.717, 1.165) is 0 Å². The smallest absolute Gasteiger partial charge is 0.225 e. The maximum Gasteiger partial charge on any atom is 0.295 e. The Labute approximate surface area is 142 Å². The summed E-state index contributed by atoms with van der Waals surface area (Å²) in [6.07, 6.45) is 0. The molecule has 4 rings (SSSR count). The molecule has 2 nitrogen and oxygen atoms in total. The lowest BCUT2D eigenvalue weighted by molar-refractivity contribution is -0.633. The predicted molar refractivity (Wildman–Crippen MR) is 99.4 cm³/mol. The second kappa shape index (κ2) is 5.64. The average Bonchev–Trinajstić information content (AvgIpc) is 2.88. The first-order valence-electron chi connectivity index (χ1n) is 8.29. The van der Waals surface area contributed by atoms with E-state index >= 15 is 0 Å². The molecule has 3 aromatic carbocycles. The number of para-hydroxylation sites is 1. The van der Waals surface area contributed by atoms with Gasteiger partial charge in [-0.25, -0.2) is 4.57 Å². The van der Waals surface area contributed by atoms with Gasteiger partial charge < -0.3 is 0 Å². The minimum Gasteiger partial charge on any atom is -0.225 e. The van der Waals surface area contributed by atoms with E-state index < -0.39 is 0 Å². The van der Waals surface area contributed by atoms with Gasteiger partial charge in [0.1, 0.15) is 5.69 Å². The fourth-order valence-corrected chi connectivity index (χ4v) is 3.44. The molecule has 118 valence electrons. The summed E-state index contributed by atoms with van der Waals surface area (Å²) < 4.78 is 4.66. The monoisotopic (exact) mass is 313 g/mol. The van der Waals surface area contributed by atoms with Crippen molar-refractivity contribution in [2.75, 3.05) is 0 Å². The van der Waals surface area contributed by atoms with Gasteiger partial charge in [0.2, 0.25) is 0 Å². The van der Waals surface area contributed by atoms with E-state index in [0.29, 0.717) is 0 Å². The van der Waals surface area contributed by atoms with Gasteiger partial charge >= 0.3 is 0 Å². The van der Waals surface area contributed by atoms with E-state index in [4.69, 9.17) is 0 Å². The molecule has 0 amide bonds. The van der Waals surface area contributed by atoms with Gasteiger partial charge in [-0.1, -0.05) is 42.5 Å². The first kappa shape index (κ1) is 14.7. The molecule has 0 saturated heterocycles. The summed E-state index contributed by atoms with van der Waals surface area (Å²) in [5, 5.41) is 0. The Hall–Kier alpha value is -2.87. The zero-order valence-corrected chi connectivity index (χ0v) is 14.3. The van der Waals surface area contributed by atoms with Crippen LogP contribution in [0.1, 0.15) is 11.1 Å². The Morgan fingerprint density at radius 1 is 0.792 bits per heavy atom. The molecule has 0 spiro atoms. The zero-order chi connectivity index (χ0) is 16.7. The third kappa shape index (κ3) is 2.23. The quantitative estimate of drug-likeness (QED) is 0.473. The molecule has 0 saturated carbocycles. The summed E-state index contributed by atoms with van der Waals surface area (Å²) in [7, 11) is 2.15. The van der Waals surface area contributed by atoms with Crippen LogP contribution >= 0.6 is 0 Å². The van der Waals surface area contributed by atoms with Crippen molar-refractivity contribution in [3.05, 3.63) is 83.9 Å². The zero-order valence-electron chi connectivity index (χ0n) is 14.3. The van der Waals surface area contributed by atoms with E-state index in [9.17, 15) is 0 Å². The molecule has 0 bridgehead atoms. The third-order valence-corrected chi connectivity index (χ3v) is 4.66. The predicted octanol–water partition coefficient (Wildman–Crippen LogP) is 4.74. The molecule has 2 heteroatoms. The Balaban J connectivity index is 2.17. The van der Waals surface area contributed by atoms with Gasteiger partial charge in [-0.3, -0.25) is 0 Å². The minimum absolute atomic E-state index is 1.19. The molecule has 4 aromatic rings. The maximum atomic E-state index is 2.37. The molecule has 0 aliphatic heterocycles. The first-order valence-corrected chi connectivity index (χ1v) is 8.29. The summed E-state index contributed by atoms with van der Waals surface area (Å²) in [5.41, 5.74) is 7.48. The Morgan fingerprint density at radius 2 is 1.50 bits per heavy atom. The number of fused-ring (bicyclic) bond motifs is 1. The van der Waals surface area contributed by atoms with Crippen molar-refractivity contribution in [3.8, 4) is 17.1 Å².